The predicted molar refractivity (Wildman–Crippen MR) is 92.3 cm³/mol. The van der Waals surface area contributed by atoms with Crippen LogP contribution in [0, 0.1) is 6.92 Å². The molecule has 0 aliphatic heterocycles. The van der Waals surface area contributed by atoms with Crippen molar-refractivity contribution >= 4 is 6.03 Å². The molecule has 5 heteroatoms. The molecule has 124 valence electrons. The first-order chi connectivity index (χ1) is 11.0. The summed E-state index contributed by atoms with van der Waals surface area (Å²) in [6.07, 6.45) is 3.76. The number of carbonyl (C=O) groups is 1. The summed E-state index contributed by atoms with van der Waals surface area (Å²) in [7, 11) is 0. The van der Waals surface area contributed by atoms with Crippen molar-refractivity contribution in [2.45, 2.75) is 46.8 Å². The lowest BCUT2D eigenvalue weighted by Gasteiger charge is -2.23. The van der Waals surface area contributed by atoms with E-state index < -0.39 is 0 Å². The lowest BCUT2D eigenvalue weighted by Crippen LogP contribution is -2.42. The minimum atomic E-state index is -0.0485. The van der Waals surface area contributed by atoms with Crippen LogP contribution in [0.5, 0.6) is 0 Å². The van der Waals surface area contributed by atoms with E-state index in [2.05, 4.69) is 46.1 Å². The van der Waals surface area contributed by atoms with E-state index in [1.807, 2.05) is 27.0 Å². The molecule has 2 rings (SSSR count). The normalized spacial score (nSPS) is 10.8. The molecule has 2 aromatic rings. The second kappa shape index (κ2) is 7.81. The van der Waals surface area contributed by atoms with Gasteiger partial charge in [0.1, 0.15) is 5.82 Å². The van der Waals surface area contributed by atoms with E-state index in [-0.39, 0.29) is 12.1 Å². The van der Waals surface area contributed by atoms with Gasteiger partial charge in [-0.1, -0.05) is 29.8 Å². The standard InChI is InChI=1S/C18H26N4O/c1-5-21(18(23)20-14(2)3)13-17-19-9-10-22(17)12-16-8-6-7-15(4)11-16/h6-11,14H,5,12-13H2,1-4H3,(H,20,23). The fraction of sp³-hybridized carbons (Fsp3) is 0.444. The van der Waals surface area contributed by atoms with Crippen LogP contribution in [0.3, 0.4) is 0 Å². The first-order valence-electron chi connectivity index (χ1n) is 8.10. The van der Waals surface area contributed by atoms with Gasteiger partial charge in [-0.15, -0.1) is 0 Å². The Morgan fingerprint density at radius 3 is 2.83 bits per heavy atom. The molecule has 0 aliphatic carbocycles. The molecule has 23 heavy (non-hydrogen) atoms. The first kappa shape index (κ1) is 17.1. The van der Waals surface area contributed by atoms with Gasteiger partial charge in [0.15, 0.2) is 0 Å². The molecule has 0 atom stereocenters. The van der Waals surface area contributed by atoms with E-state index >= 15 is 0 Å². The van der Waals surface area contributed by atoms with Gasteiger partial charge >= 0.3 is 6.03 Å². The van der Waals surface area contributed by atoms with Crippen molar-refractivity contribution in [3.05, 3.63) is 53.6 Å². The maximum absolute atomic E-state index is 12.2. The van der Waals surface area contributed by atoms with Gasteiger partial charge in [0.2, 0.25) is 0 Å². The fourth-order valence-corrected chi connectivity index (χ4v) is 2.48. The largest absolute Gasteiger partial charge is 0.336 e. The number of aromatic nitrogens is 2. The number of carbonyl (C=O) groups excluding carboxylic acids is 1. The van der Waals surface area contributed by atoms with Gasteiger partial charge in [-0.3, -0.25) is 0 Å². The van der Waals surface area contributed by atoms with Crippen LogP contribution in [0.25, 0.3) is 0 Å². The molecule has 0 saturated heterocycles. The number of hydrogen-bond acceptors (Lipinski definition) is 2. The summed E-state index contributed by atoms with van der Waals surface area (Å²) in [5, 5.41) is 2.93. The third-order valence-corrected chi connectivity index (χ3v) is 3.65. The second-order valence-electron chi connectivity index (χ2n) is 6.08. The summed E-state index contributed by atoms with van der Waals surface area (Å²) >= 11 is 0. The molecular formula is C18H26N4O. The van der Waals surface area contributed by atoms with Crippen LogP contribution in [-0.4, -0.2) is 33.1 Å². The third kappa shape index (κ3) is 4.84. The van der Waals surface area contributed by atoms with Crippen molar-refractivity contribution in [3.8, 4) is 0 Å². The van der Waals surface area contributed by atoms with Crippen molar-refractivity contribution in [1.82, 2.24) is 19.8 Å². The summed E-state index contributed by atoms with van der Waals surface area (Å²) in [5.41, 5.74) is 2.48. The number of rotatable bonds is 6. The number of amides is 2. The van der Waals surface area contributed by atoms with Crippen LogP contribution in [0.1, 0.15) is 37.7 Å². The SMILES string of the molecule is CCN(Cc1nccn1Cc1cccc(C)c1)C(=O)NC(C)C. The van der Waals surface area contributed by atoms with Gasteiger partial charge in [-0.2, -0.15) is 0 Å². The van der Waals surface area contributed by atoms with Gasteiger partial charge in [-0.25, -0.2) is 9.78 Å². The van der Waals surface area contributed by atoms with Crippen molar-refractivity contribution in [2.75, 3.05) is 6.54 Å². The number of urea groups is 1. The number of imidazole rings is 1. The van der Waals surface area contributed by atoms with E-state index in [1.54, 1.807) is 11.1 Å². The van der Waals surface area contributed by atoms with Crippen molar-refractivity contribution in [1.29, 1.82) is 0 Å². The smallest absolute Gasteiger partial charge is 0.317 e. The molecule has 0 bridgehead atoms. The first-order valence-corrected chi connectivity index (χ1v) is 8.10. The summed E-state index contributed by atoms with van der Waals surface area (Å²) in [5.74, 6) is 0.896. The van der Waals surface area contributed by atoms with E-state index in [9.17, 15) is 4.79 Å². The van der Waals surface area contributed by atoms with Crippen LogP contribution < -0.4 is 5.32 Å². The van der Waals surface area contributed by atoms with Gasteiger partial charge < -0.3 is 14.8 Å². The number of benzene rings is 1. The Kier molecular flexibility index (Phi) is 5.79. The molecule has 0 unspecified atom stereocenters. The highest BCUT2D eigenvalue weighted by Gasteiger charge is 2.15. The Hall–Kier alpha value is -2.30. The molecule has 5 nitrogen and oxygen atoms in total. The monoisotopic (exact) mass is 314 g/mol. The lowest BCUT2D eigenvalue weighted by atomic mass is 10.1. The van der Waals surface area contributed by atoms with Gasteiger partial charge in [0.05, 0.1) is 6.54 Å². The Morgan fingerprint density at radius 2 is 2.17 bits per heavy atom. The molecule has 2 amide bonds. The van der Waals surface area contributed by atoms with Crippen molar-refractivity contribution in [2.24, 2.45) is 0 Å². The fourth-order valence-electron chi connectivity index (χ4n) is 2.48. The van der Waals surface area contributed by atoms with Crippen molar-refractivity contribution < 1.29 is 4.79 Å². The summed E-state index contributed by atoms with van der Waals surface area (Å²) in [6.45, 7) is 9.92. The average molecular weight is 314 g/mol. The molecular weight excluding hydrogens is 288 g/mol. The molecule has 0 fully saturated rings. The highest BCUT2D eigenvalue weighted by atomic mass is 16.2. The van der Waals surface area contributed by atoms with Gasteiger partial charge in [0.25, 0.3) is 0 Å². The highest BCUT2D eigenvalue weighted by molar-refractivity contribution is 5.74. The van der Waals surface area contributed by atoms with E-state index in [0.29, 0.717) is 13.1 Å². The van der Waals surface area contributed by atoms with Crippen LogP contribution >= 0.6 is 0 Å². The molecule has 1 N–H and O–H groups in total. The van der Waals surface area contributed by atoms with Crippen LogP contribution in [0.15, 0.2) is 36.7 Å². The van der Waals surface area contributed by atoms with Crippen LogP contribution in [-0.2, 0) is 13.1 Å². The highest BCUT2D eigenvalue weighted by Crippen LogP contribution is 2.10. The van der Waals surface area contributed by atoms with E-state index in [0.717, 1.165) is 12.4 Å². The predicted octanol–water partition coefficient (Wildman–Crippen LogP) is 3.18. The summed E-state index contributed by atoms with van der Waals surface area (Å²) < 4.78 is 2.10. The molecule has 0 radical (unpaired) electrons. The summed E-state index contributed by atoms with van der Waals surface area (Å²) in [4.78, 5) is 18.4. The number of hydrogen-bond donors (Lipinski definition) is 1. The molecule has 1 heterocycles. The zero-order valence-corrected chi connectivity index (χ0v) is 14.4. The van der Waals surface area contributed by atoms with Crippen molar-refractivity contribution in [3.63, 3.8) is 0 Å². The quantitative estimate of drug-likeness (QED) is 0.890. The maximum Gasteiger partial charge on any atom is 0.317 e. The van der Waals surface area contributed by atoms with Gasteiger partial charge in [0, 0.05) is 31.5 Å². The van der Waals surface area contributed by atoms with Crippen LogP contribution in [0.4, 0.5) is 4.79 Å². The van der Waals surface area contributed by atoms with E-state index in [1.165, 1.54) is 11.1 Å². The molecule has 0 aliphatic rings. The third-order valence-electron chi connectivity index (χ3n) is 3.65. The molecule has 1 aromatic carbocycles. The molecule has 0 spiro atoms. The second-order valence-corrected chi connectivity index (χ2v) is 6.08. The van der Waals surface area contributed by atoms with E-state index in [4.69, 9.17) is 0 Å². The number of nitrogens with one attached hydrogen (secondary N) is 1. The maximum atomic E-state index is 12.2. The molecule has 1 aromatic heterocycles. The summed E-state index contributed by atoms with van der Waals surface area (Å²) in [6, 6.07) is 8.52. The minimum Gasteiger partial charge on any atom is -0.336 e. The Balaban J connectivity index is 2.09. The molecule has 0 saturated carbocycles. The number of aryl methyl sites for hydroxylation is 1. The number of nitrogens with zero attached hydrogens (tertiary/aromatic N) is 3. The minimum absolute atomic E-state index is 0.0485. The lowest BCUT2D eigenvalue weighted by molar-refractivity contribution is 0.193. The zero-order chi connectivity index (χ0) is 16.8. The topological polar surface area (TPSA) is 50.2 Å². The Labute approximate surface area is 138 Å². The Morgan fingerprint density at radius 1 is 1.39 bits per heavy atom. The average Bonchev–Trinajstić information content (AvgIpc) is 2.91. The van der Waals surface area contributed by atoms with Crippen LogP contribution in [0.2, 0.25) is 0 Å². The Bertz CT molecular complexity index is 648. The zero-order valence-electron chi connectivity index (χ0n) is 14.4. The van der Waals surface area contributed by atoms with Gasteiger partial charge in [-0.05, 0) is 33.3 Å².